The Morgan fingerprint density at radius 2 is 1.50 bits per heavy atom. The smallest absolute Gasteiger partial charge is 0.343 e. The van der Waals surface area contributed by atoms with E-state index in [0.717, 1.165) is 61.2 Å². The van der Waals surface area contributed by atoms with Crippen molar-refractivity contribution in [3.8, 4) is 5.75 Å². The molecule has 5 heteroatoms. The first-order valence-electron chi connectivity index (χ1n) is 13.1. The molecule has 3 saturated heterocycles. The lowest BCUT2D eigenvalue weighted by Gasteiger charge is -2.52. The Labute approximate surface area is 213 Å². The molecule has 36 heavy (non-hydrogen) atoms. The highest BCUT2D eigenvalue weighted by molar-refractivity contribution is 5.81. The van der Waals surface area contributed by atoms with Crippen molar-refractivity contribution in [2.24, 2.45) is 5.92 Å². The number of esters is 1. The first kappa shape index (κ1) is 24.5. The summed E-state index contributed by atoms with van der Waals surface area (Å²) in [5.41, 5.74) is -0.248. The Balaban J connectivity index is 1.25. The highest BCUT2D eigenvalue weighted by Crippen LogP contribution is 2.37. The van der Waals surface area contributed by atoms with Crippen LogP contribution in [0.15, 0.2) is 91.0 Å². The number of rotatable bonds is 10. The third kappa shape index (κ3) is 5.48. The van der Waals surface area contributed by atoms with Crippen LogP contribution in [0.1, 0.15) is 30.4 Å². The van der Waals surface area contributed by atoms with E-state index < -0.39 is 11.6 Å². The van der Waals surface area contributed by atoms with Crippen molar-refractivity contribution >= 4 is 5.97 Å². The number of para-hydroxylation sites is 1. The van der Waals surface area contributed by atoms with E-state index in [0.29, 0.717) is 18.1 Å². The van der Waals surface area contributed by atoms with Gasteiger partial charge in [0.25, 0.3) is 0 Å². The van der Waals surface area contributed by atoms with E-state index in [4.69, 9.17) is 9.47 Å². The van der Waals surface area contributed by atoms with Gasteiger partial charge in [-0.15, -0.1) is 0 Å². The predicted molar refractivity (Wildman–Crippen MR) is 139 cm³/mol. The molecule has 3 aromatic carbocycles. The minimum absolute atomic E-state index is 0.166. The van der Waals surface area contributed by atoms with Crippen LogP contribution in [0.4, 0.5) is 0 Å². The molecule has 3 aromatic rings. The molecule has 1 unspecified atom stereocenters. The van der Waals surface area contributed by atoms with Crippen LogP contribution in [-0.2, 0) is 21.6 Å². The van der Waals surface area contributed by atoms with E-state index in [1.165, 1.54) is 0 Å². The van der Waals surface area contributed by atoms with Crippen LogP contribution in [0.2, 0.25) is 0 Å². The van der Waals surface area contributed by atoms with E-state index in [-0.39, 0.29) is 12.5 Å². The van der Waals surface area contributed by atoms with Crippen molar-refractivity contribution in [2.45, 2.75) is 37.4 Å². The lowest BCUT2D eigenvalue weighted by atomic mass is 9.82. The fourth-order valence-electron chi connectivity index (χ4n) is 5.91. The molecule has 0 amide bonds. The van der Waals surface area contributed by atoms with Gasteiger partial charge in [-0.1, -0.05) is 78.9 Å². The highest BCUT2D eigenvalue weighted by Gasteiger charge is 2.49. The molecule has 0 radical (unpaired) electrons. The largest absolute Gasteiger partial charge is 0.493 e. The molecule has 1 N–H and O–H groups in total. The number of carbonyl (C=O) groups excluding carboxylic acids is 1. The Bertz CT molecular complexity index is 1110. The van der Waals surface area contributed by atoms with Crippen LogP contribution >= 0.6 is 0 Å². The lowest BCUT2D eigenvalue weighted by molar-refractivity contribution is -0.946. The second-order valence-corrected chi connectivity index (χ2v) is 10.4. The van der Waals surface area contributed by atoms with Gasteiger partial charge >= 0.3 is 5.97 Å². The number of carbonyl (C=O) groups is 1. The SMILES string of the molecule is O=C(O[C@H]1C[N+]2(CCCOc3ccccc3)CCC1CC2)C(O)(Cc1ccccc1)c1ccccc1. The molecule has 6 rings (SSSR count). The number of benzene rings is 3. The fraction of sp³-hybridized carbons (Fsp3) is 0.387. The Kier molecular flexibility index (Phi) is 7.40. The van der Waals surface area contributed by atoms with E-state index >= 15 is 0 Å². The summed E-state index contributed by atoms with van der Waals surface area (Å²) in [5, 5.41) is 11.8. The topological polar surface area (TPSA) is 55.8 Å². The second kappa shape index (κ2) is 10.9. The molecule has 188 valence electrons. The monoisotopic (exact) mass is 486 g/mol. The van der Waals surface area contributed by atoms with Crippen LogP contribution in [0.3, 0.4) is 0 Å². The summed E-state index contributed by atoms with van der Waals surface area (Å²) in [6.45, 7) is 4.76. The minimum atomic E-state index is -1.72. The average Bonchev–Trinajstić information content (AvgIpc) is 2.93. The number of quaternary nitrogens is 1. The van der Waals surface area contributed by atoms with Gasteiger partial charge in [-0.3, -0.25) is 0 Å². The summed E-state index contributed by atoms with van der Waals surface area (Å²) >= 11 is 0. The Hall–Kier alpha value is -3.15. The highest BCUT2D eigenvalue weighted by atomic mass is 16.6. The molecule has 3 aliphatic rings. The summed E-state index contributed by atoms with van der Waals surface area (Å²) in [7, 11) is 0. The van der Waals surface area contributed by atoms with Gasteiger partial charge in [0.2, 0.25) is 0 Å². The van der Waals surface area contributed by atoms with Gasteiger partial charge in [0.15, 0.2) is 11.7 Å². The lowest BCUT2D eigenvalue weighted by Crippen LogP contribution is -2.65. The summed E-state index contributed by atoms with van der Waals surface area (Å²) in [6, 6.07) is 28.8. The second-order valence-electron chi connectivity index (χ2n) is 10.4. The first-order valence-corrected chi connectivity index (χ1v) is 13.1. The molecule has 0 aromatic heterocycles. The summed E-state index contributed by atoms with van der Waals surface area (Å²) in [4.78, 5) is 13.6. The molecular formula is C31H36NO4+. The molecule has 3 aliphatic heterocycles. The van der Waals surface area contributed by atoms with Crippen molar-refractivity contribution in [3.05, 3.63) is 102 Å². The van der Waals surface area contributed by atoms with Crippen molar-refractivity contribution in [2.75, 3.05) is 32.8 Å². The molecule has 3 heterocycles. The van der Waals surface area contributed by atoms with E-state index in [9.17, 15) is 9.90 Å². The molecule has 0 aliphatic carbocycles. The average molecular weight is 487 g/mol. The molecule has 0 spiro atoms. The minimum Gasteiger partial charge on any atom is -0.493 e. The Morgan fingerprint density at radius 1 is 0.889 bits per heavy atom. The first-order chi connectivity index (χ1) is 17.6. The number of hydrogen-bond acceptors (Lipinski definition) is 4. The van der Waals surface area contributed by atoms with Gasteiger partial charge < -0.3 is 19.1 Å². The third-order valence-corrected chi connectivity index (χ3v) is 7.98. The predicted octanol–water partition coefficient (Wildman–Crippen LogP) is 4.74. The van der Waals surface area contributed by atoms with Gasteiger partial charge in [0.05, 0.1) is 26.2 Å². The van der Waals surface area contributed by atoms with Gasteiger partial charge in [-0.2, -0.15) is 0 Å². The van der Waals surface area contributed by atoms with E-state index in [1.54, 1.807) is 0 Å². The maximum Gasteiger partial charge on any atom is 0.343 e. The van der Waals surface area contributed by atoms with Crippen molar-refractivity contribution in [3.63, 3.8) is 0 Å². The number of nitrogens with zero attached hydrogens (tertiary/aromatic N) is 1. The van der Waals surface area contributed by atoms with Crippen LogP contribution in [-0.4, -0.2) is 54.4 Å². The van der Waals surface area contributed by atoms with E-state index in [1.807, 2.05) is 91.0 Å². The molecule has 2 atom stereocenters. The molecule has 2 bridgehead atoms. The number of hydrogen-bond donors (Lipinski definition) is 1. The summed E-state index contributed by atoms with van der Waals surface area (Å²) in [6.07, 6.45) is 3.09. The molecular weight excluding hydrogens is 450 g/mol. The summed E-state index contributed by atoms with van der Waals surface area (Å²) < 4.78 is 13.1. The number of aliphatic hydroxyl groups is 1. The summed E-state index contributed by atoms with van der Waals surface area (Å²) in [5.74, 6) is 0.730. The van der Waals surface area contributed by atoms with Crippen molar-refractivity contribution < 1.29 is 23.9 Å². The van der Waals surface area contributed by atoms with Gasteiger partial charge in [0.1, 0.15) is 12.3 Å². The van der Waals surface area contributed by atoms with Crippen LogP contribution in [0.5, 0.6) is 5.75 Å². The molecule has 3 fully saturated rings. The normalized spacial score (nSPS) is 24.6. The molecule has 0 saturated carbocycles. The number of piperidine rings is 3. The maximum absolute atomic E-state index is 13.6. The van der Waals surface area contributed by atoms with Crippen molar-refractivity contribution in [1.82, 2.24) is 0 Å². The quantitative estimate of drug-likeness (QED) is 0.256. The standard InChI is InChI=1S/C31H36NO4/c33-30(31(34,27-13-6-2-7-14-27)23-25-11-4-1-5-12-25)36-29-24-32(20-17-26(29)18-21-32)19-10-22-35-28-15-8-3-9-16-28/h1-9,11-16,26,29,34H,10,17-24H2/q+1/t26?,29-,31?,32?/m0/s1. The van der Waals surface area contributed by atoms with Gasteiger partial charge in [-0.25, -0.2) is 4.79 Å². The van der Waals surface area contributed by atoms with Crippen LogP contribution in [0, 0.1) is 5.92 Å². The molecule has 5 nitrogen and oxygen atoms in total. The number of ether oxygens (including phenoxy) is 2. The van der Waals surface area contributed by atoms with Gasteiger partial charge in [-0.05, 0) is 23.3 Å². The Morgan fingerprint density at radius 3 is 2.17 bits per heavy atom. The van der Waals surface area contributed by atoms with Crippen LogP contribution < -0.4 is 4.74 Å². The third-order valence-electron chi connectivity index (χ3n) is 7.98. The number of fused-ring (bicyclic) bond motifs is 3. The zero-order valence-electron chi connectivity index (χ0n) is 20.8. The zero-order chi connectivity index (χ0) is 24.8. The fourth-order valence-corrected chi connectivity index (χ4v) is 5.91. The maximum atomic E-state index is 13.6. The van der Waals surface area contributed by atoms with E-state index in [2.05, 4.69) is 0 Å². The zero-order valence-corrected chi connectivity index (χ0v) is 20.8. The van der Waals surface area contributed by atoms with Crippen LogP contribution in [0.25, 0.3) is 0 Å². The van der Waals surface area contributed by atoms with Gasteiger partial charge in [0, 0.05) is 31.6 Å². The van der Waals surface area contributed by atoms with Crippen molar-refractivity contribution in [1.29, 1.82) is 0 Å².